The first-order valence-electron chi connectivity index (χ1n) is 8.64. The van der Waals surface area contributed by atoms with E-state index in [0.717, 1.165) is 38.3 Å². The number of nitrogens with zero attached hydrogens (tertiary/aromatic N) is 2. The normalized spacial score (nSPS) is 26.3. The molecule has 2 unspecified atom stereocenters. The third kappa shape index (κ3) is 4.46. The summed E-state index contributed by atoms with van der Waals surface area (Å²) in [7, 11) is 0. The van der Waals surface area contributed by atoms with Gasteiger partial charge in [0.15, 0.2) is 0 Å². The van der Waals surface area contributed by atoms with Crippen molar-refractivity contribution in [3.05, 3.63) is 34.9 Å². The zero-order chi connectivity index (χ0) is 16.2. The highest BCUT2D eigenvalue weighted by atomic mass is 35.5. The number of rotatable bonds is 4. The van der Waals surface area contributed by atoms with Crippen LogP contribution in [0.1, 0.15) is 31.4 Å². The summed E-state index contributed by atoms with van der Waals surface area (Å²) in [5.41, 5.74) is 0.832. The molecule has 0 spiro atoms. The minimum absolute atomic E-state index is 0.351. The summed E-state index contributed by atoms with van der Waals surface area (Å²) in [5, 5.41) is 11.1. The summed E-state index contributed by atoms with van der Waals surface area (Å²) >= 11 is 6.18. The maximum absolute atomic E-state index is 10.4. The van der Waals surface area contributed by atoms with Gasteiger partial charge in [-0.15, -0.1) is 0 Å². The highest BCUT2D eigenvalue weighted by Crippen LogP contribution is 2.25. The van der Waals surface area contributed by atoms with E-state index in [9.17, 15) is 5.11 Å². The Morgan fingerprint density at radius 2 is 2.00 bits per heavy atom. The Bertz CT molecular complexity index is 506. The minimum Gasteiger partial charge on any atom is -0.387 e. The van der Waals surface area contributed by atoms with Gasteiger partial charge >= 0.3 is 0 Å². The molecule has 3 rings (SSSR count). The molecule has 2 aliphatic rings. The summed E-state index contributed by atoms with van der Waals surface area (Å²) in [6, 6.07) is 8.24. The van der Waals surface area contributed by atoms with Gasteiger partial charge in [0, 0.05) is 36.3 Å². The second-order valence-electron chi connectivity index (χ2n) is 6.75. The van der Waals surface area contributed by atoms with Crippen LogP contribution in [0.4, 0.5) is 0 Å². The Labute approximate surface area is 144 Å². The average Bonchev–Trinajstić information content (AvgIpc) is 2.56. The van der Waals surface area contributed by atoms with Crippen molar-refractivity contribution >= 4 is 11.6 Å². The zero-order valence-corrected chi connectivity index (χ0v) is 14.6. The van der Waals surface area contributed by atoms with Gasteiger partial charge in [-0.1, -0.05) is 29.8 Å². The molecule has 0 radical (unpaired) electrons. The second kappa shape index (κ2) is 7.95. The molecular formula is C18H27ClN2O2. The van der Waals surface area contributed by atoms with Crippen molar-refractivity contribution in [3.63, 3.8) is 0 Å². The quantitative estimate of drug-likeness (QED) is 0.915. The lowest BCUT2D eigenvalue weighted by molar-refractivity contribution is -0.0449. The fourth-order valence-electron chi connectivity index (χ4n) is 3.73. The number of halogens is 1. The molecule has 0 amide bonds. The van der Waals surface area contributed by atoms with E-state index in [0.29, 0.717) is 23.7 Å². The number of aliphatic hydroxyl groups excluding tert-OH is 1. The Balaban J connectivity index is 1.48. The van der Waals surface area contributed by atoms with Crippen LogP contribution >= 0.6 is 11.6 Å². The number of aliphatic hydroxyl groups is 1. The number of ether oxygens (including phenoxy) is 1. The van der Waals surface area contributed by atoms with Crippen molar-refractivity contribution in [2.24, 2.45) is 0 Å². The molecule has 5 heteroatoms. The second-order valence-corrected chi connectivity index (χ2v) is 7.15. The van der Waals surface area contributed by atoms with E-state index in [1.54, 1.807) is 0 Å². The van der Waals surface area contributed by atoms with Crippen molar-refractivity contribution in [2.75, 3.05) is 39.3 Å². The van der Waals surface area contributed by atoms with E-state index in [1.807, 2.05) is 24.3 Å². The van der Waals surface area contributed by atoms with Crippen LogP contribution in [-0.2, 0) is 4.74 Å². The number of benzene rings is 1. The van der Waals surface area contributed by atoms with Gasteiger partial charge in [-0.2, -0.15) is 0 Å². The van der Waals surface area contributed by atoms with Gasteiger partial charge in [0.05, 0.1) is 18.8 Å². The van der Waals surface area contributed by atoms with Crippen molar-refractivity contribution in [1.82, 2.24) is 9.80 Å². The Kier molecular flexibility index (Phi) is 5.94. The molecule has 0 saturated carbocycles. The van der Waals surface area contributed by atoms with Crippen molar-refractivity contribution in [2.45, 2.75) is 38.0 Å². The topological polar surface area (TPSA) is 35.9 Å². The van der Waals surface area contributed by atoms with Crippen LogP contribution in [0.3, 0.4) is 0 Å². The number of hydrogen-bond acceptors (Lipinski definition) is 4. The molecule has 2 atom stereocenters. The van der Waals surface area contributed by atoms with E-state index in [-0.39, 0.29) is 0 Å². The van der Waals surface area contributed by atoms with Crippen LogP contribution in [0.2, 0.25) is 5.02 Å². The number of likely N-dealkylation sites (tertiary alicyclic amines) is 1. The molecule has 0 bridgehead atoms. The maximum atomic E-state index is 10.4. The largest absolute Gasteiger partial charge is 0.387 e. The maximum Gasteiger partial charge on any atom is 0.0931 e. The number of β-amino-alcohol motifs (C(OH)–C–C–N with tert-alkyl or cyclic N) is 1. The lowest BCUT2D eigenvalue weighted by atomic mass is 10.0. The van der Waals surface area contributed by atoms with Gasteiger partial charge < -0.3 is 14.7 Å². The number of piperidine rings is 1. The van der Waals surface area contributed by atoms with Crippen LogP contribution in [0.25, 0.3) is 0 Å². The smallest absolute Gasteiger partial charge is 0.0931 e. The van der Waals surface area contributed by atoms with Crippen LogP contribution in [-0.4, -0.2) is 66.4 Å². The first kappa shape index (κ1) is 17.2. The highest BCUT2D eigenvalue weighted by molar-refractivity contribution is 6.31. The van der Waals surface area contributed by atoms with E-state index in [1.165, 1.54) is 12.8 Å². The predicted molar refractivity (Wildman–Crippen MR) is 92.9 cm³/mol. The number of morpholine rings is 1. The van der Waals surface area contributed by atoms with Crippen molar-refractivity contribution in [1.29, 1.82) is 0 Å². The van der Waals surface area contributed by atoms with Gasteiger partial charge in [0.1, 0.15) is 0 Å². The molecular weight excluding hydrogens is 312 g/mol. The standard InChI is InChI=1S/C18H27ClN2O2/c1-14-12-21(10-11-23-14)15-6-8-20(9-7-15)13-18(22)16-4-2-3-5-17(16)19/h2-5,14-15,18,22H,6-13H2,1H3. The highest BCUT2D eigenvalue weighted by Gasteiger charge is 2.28. The lowest BCUT2D eigenvalue weighted by Crippen LogP contribution is -2.51. The Morgan fingerprint density at radius 3 is 2.70 bits per heavy atom. The van der Waals surface area contributed by atoms with Gasteiger partial charge in [0.2, 0.25) is 0 Å². The molecule has 2 aliphatic heterocycles. The zero-order valence-electron chi connectivity index (χ0n) is 13.8. The third-order valence-corrected chi connectivity index (χ3v) is 5.39. The minimum atomic E-state index is -0.511. The van der Waals surface area contributed by atoms with Crippen LogP contribution in [0, 0.1) is 0 Å². The first-order chi connectivity index (χ1) is 11.1. The van der Waals surface area contributed by atoms with Crippen molar-refractivity contribution < 1.29 is 9.84 Å². The SMILES string of the molecule is CC1CN(C2CCN(CC(O)c3ccccc3Cl)CC2)CCO1. The van der Waals surface area contributed by atoms with Gasteiger partial charge in [0.25, 0.3) is 0 Å². The summed E-state index contributed by atoms with van der Waals surface area (Å²) in [6.07, 6.45) is 2.18. The first-order valence-corrected chi connectivity index (χ1v) is 9.02. The van der Waals surface area contributed by atoms with Gasteiger partial charge in [-0.25, -0.2) is 0 Å². The van der Waals surface area contributed by atoms with Crippen LogP contribution in [0.15, 0.2) is 24.3 Å². The third-order valence-electron chi connectivity index (χ3n) is 5.04. The van der Waals surface area contributed by atoms with Crippen LogP contribution in [0.5, 0.6) is 0 Å². The van der Waals surface area contributed by atoms with Crippen LogP contribution < -0.4 is 0 Å². The molecule has 2 heterocycles. The monoisotopic (exact) mass is 338 g/mol. The fourth-order valence-corrected chi connectivity index (χ4v) is 3.99. The molecule has 2 saturated heterocycles. The molecule has 1 aromatic carbocycles. The lowest BCUT2D eigenvalue weighted by Gasteiger charge is -2.42. The van der Waals surface area contributed by atoms with E-state index in [2.05, 4.69) is 16.7 Å². The van der Waals surface area contributed by atoms with Gasteiger partial charge in [-0.05, 0) is 38.9 Å². The van der Waals surface area contributed by atoms with E-state index in [4.69, 9.17) is 16.3 Å². The van der Waals surface area contributed by atoms with Crippen molar-refractivity contribution in [3.8, 4) is 0 Å². The Hall–Kier alpha value is -0.650. The summed E-state index contributed by atoms with van der Waals surface area (Å²) in [6.45, 7) is 7.85. The number of hydrogen-bond donors (Lipinski definition) is 1. The molecule has 128 valence electrons. The molecule has 4 nitrogen and oxygen atoms in total. The van der Waals surface area contributed by atoms with E-state index < -0.39 is 6.10 Å². The molecule has 23 heavy (non-hydrogen) atoms. The summed E-state index contributed by atoms with van der Waals surface area (Å²) in [5.74, 6) is 0. The molecule has 2 fully saturated rings. The van der Waals surface area contributed by atoms with E-state index >= 15 is 0 Å². The summed E-state index contributed by atoms with van der Waals surface area (Å²) in [4.78, 5) is 4.93. The fraction of sp³-hybridized carbons (Fsp3) is 0.667. The molecule has 0 aromatic heterocycles. The summed E-state index contributed by atoms with van der Waals surface area (Å²) < 4.78 is 5.64. The predicted octanol–water partition coefficient (Wildman–Crippen LogP) is 2.56. The molecule has 0 aliphatic carbocycles. The molecule has 1 aromatic rings. The van der Waals surface area contributed by atoms with Gasteiger partial charge in [-0.3, -0.25) is 4.90 Å². The average molecular weight is 339 g/mol. The Morgan fingerprint density at radius 1 is 1.26 bits per heavy atom. The molecule has 1 N–H and O–H groups in total.